The number of urea groups is 1. The van der Waals surface area contributed by atoms with Crippen molar-refractivity contribution in [2.45, 2.75) is 13.5 Å². The van der Waals surface area contributed by atoms with Crippen LogP contribution in [0.3, 0.4) is 0 Å². The Balaban J connectivity index is 1.60. The van der Waals surface area contributed by atoms with Gasteiger partial charge in [0.05, 0.1) is 7.11 Å². The van der Waals surface area contributed by atoms with Crippen LogP contribution in [0.1, 0.15) is 15.9 Å². The minimum Gasteiger partial charge on any atom is -0.493 e. The average molecular weight is 454 g/mol. The molecular weight excluding hydrogens is 432 g/mol. The molecular formula is C21H22ClF2N3O4. The summed E-state index contributed by atoms with van der Waals surface area (Å²) in [7, 11) is 1.32. The van der Waals surface area contributed by atoms with Crippen LogP contribution < -0.4 is 14.8 Å². The Morgan fingerprint density at radius 3 is 2.32 bits per heavy atom. The number of nitrogens with one attached hydrogen (secondary N) is 1. The summed E-state index contributed by atoms with van der Waals surface area (Å²) in [5, 5.41) is 3.35. The lowest BCUT2D eigenvalue weighted by Gasteiger charge is -2.34. The fourth-order valence-electron chi connectivity index (χ4n) is 3.17. The number of methoxy groups -OCH3 is 1. The van der Waals surface area contributed by atoms with Crippen molar-refractivity contribution >= 4 is 29.2 Å². The first-order valence-corrected chi connectivity index (χ1v) is 9.90. The smallest absolute Gasteiger partial charge is 0.387 e. The topological polar surface area (TPSA) is 71.1 Å². The van der Waals surface area contributed by atoms with Crippen molar-refractivity contribution in [2.24, 2.45) is 0 Å². The molecule has 0 unspecified atom stereocenters. The van der Waals surface area contributed by atoms with Gasteiger partial charge in [0.15, 0.2) is 11.5 Å². The molecule has 7 nitrogen and oxygen atoms in total. The molecule has 0 bridgehead atoms. The highest BCUT2D eigenvalue weighted by molar-refractivity contribution is 6.31. The Labute approximate surface area is 183 Å². The molecule has 10 heteroatoms. The molecule has 2 aromatic rings. The van der Waals surface area contributed by atoms with E-state index in [9.17, 15) is 18.4 Å². The van der Waals surface area contributed by atoms with E-state index in [4.69, 9.17) is 16.3 Å². The number of halogens is 3. The highest BCUT2D eigenvalue weighted by Crippen LogP contribution is 2.30. The van der Waals surface area contributed by atoms with Crippen LogP contribution in [-0.4, -0.2) is 61.6 Å². The summed E-state index contributed by atoms with van der Waals surface area (Å²) < 4.78 is 34.7. The predicted octanol–water partition coefficient (Wildman–Crippen LogP) is 4.25. The van der Waals surface area contributed by atoms with Gasteiger partial charge in [-0.05, 0) is 42.8 Å². The van der Waals surface area contributed by atoms with E-state index >= 15 is 0 Å². The zero-order valence-corrected chi connectivity index (χ0v) is 17.8. The minimum atomic E-state index is -3.04. The third-order valence-electron chi connectivity index (χ3n) is 4.90. The van der Waals surface area contributed by atoms with E-state index in [0.29, 0.717) is 36.9 Å². The van der Waals surface area contributed by atoms with Gasteiger partial charge in [0, 0.05) is 42.5 Å². The van der Waals surface area contributed by atoms with Crippen LogP contribution >= 0.6 is 11.6 Å². The van der Waals surface area contributed by atoms with Gasteiger partial charge in [0.25, 0.3) is 5.91 Å². The summed E-state index contributed by atoms with van der Waals surface area (Å²) in [6, 6.07) is 9.09. The number of ether oxygens (including phenoxy) is 2. The Bertz CT molecular complexity index is 966. The molecule has 1 fully saturated rings. The fourth-order valence-corrected chi connectivity index (χ4v) is 3.35. The van der Waals surface area contributed by atoms with Gasteiger partial charge in [-0.3, -0.25) is 4.79 Å². The van der Waals surface area contributed by atoms with Gasteiger partial charge < -0.3 is 24.6 Å². The molecule has 0 aromatic heterocycles. The molecule has 1 aliphatic heterocycles. The number of alkyl halides is 2. The molecule has 3 amide bonds. The number of hydrogen-bond donors (Lipinski definition) is 1. The molecule has 1 aliphatic rings. The Hall–Kier alpha value is -3.07. The Kier molecular flexibility index (Phi) is 7.17. The molecule has 2 aromatic carbocycles. The number of benzene rings is 2. The molecule has 31 heavy (non-hydrogen) atoms. The maximum Gasteiger partial charge on any atom is 0.387 e. The molecule has 1 saturated heterocycles. The minimum absolute atomic E-state index is 0.106. The van der Waals surface area contributed by atoms with E-state index in [-0.39, 0.29) is 29.0 Å². The summed E-state index contributed by atoms with van der Waals surface area (Å²) in [6.07, 6.45) is 0. The quantitative estimate of drug-likeness (QED) is 0.734. The van der Waals surface area contributed by atoms with E-state index in [0.717, 1.165) is 5.56 Å². The number of hydrogen-bond acceptors (Lipinski definition) is 4. The summed E-state index contributed by atoms with van der Waals surface area (Å²) in [6.45, 7) is 0.0946. The van der Waals surface area contributed by atoms with Crippen LogP contribution in [-0.2, 0) is 0 Å². The lowest BCUT2D eigenvalue weighted by molar-refractivity contribution is -0.0512. The zero-order valence-electron chi connectivity index (χ0n) is 17.0. The highest BCUT2D eigenvalue weighted by Gasteiger charge is 2.26. The Morgan fingerprint density at radius 1 is 1.03 bits per heavy atom. The van der Waals surface area contributed by atoms with Crippen molar-refractivity contribution in [3.8, 4) is 11.5 Å². The first-order valence-electron chi connectivity index (χ1n) is 9.52. The van der Waals surface area contributed by atoms with Crippen LogP contribution in [0.2, 0.25) is 5.02 Å². The van der Waals surface area contributed by atoms with Crippen LogP contribution in [0.15, 0.2) is 36.4 Å². The van der Waals surface area contributed by atoms with Crippen LogP contribution in [0.4, 0.5) is 19.3 Å². The molecule has 0 aliphatic carbocycles. The van der Waals surface area contributed by atoms with Crippen molar-refractivity contribution in [1.82, 2.24) is 9.80 Å². The number of nitrogens with zero attached hydrogens (tertiary/aromatic N) is 2. The van der Waals surface area contributed by atoms with E-state index in [1.165, 1.54) is 25.3 Å². The molecule has 0 saturated carbocycles. The van der Waals surface area contributed by atoms with Crippen molar-refractivity contribution in [3.05, 3.63) is 52.5 Å². The monoisotopic (exact) mass is 453 g/mol. The molecule has 1 heterocycles. The molecule has 0 atom stereocenters. The van der Waals surface area contributed by atoms with Crippen LogP contribution in [0.5, 0.6) is 11.5 Å². The van der Waals surface area contributed by atoms with E-state index in [1.807, 2.05) is 13.0 Å². The van der Waals surface area contributed by atoms with Gasteiger partial charge in [0.1, 0.15) is 0 Å². The zero-order chi connectivity index (χ0) is 22.5. The third kappa shape index (κ3) is 5.55. The van der Waals surface area contributed by atoms with Gasteiger partial charge >= 0.3 is 12.6 Å². The fraction of sp³-hybridized carbons (Fsp3) is 0.333. The number of rotatable bonds is 5. The van der Waals surface area contributed by atoms with Crippen molar-refractivity contribution in [3.63, 3.8) is 0 Å². The van der Waals surface area contributed by atoms with Gasteiger partial charge in [-0.2, -0.15) is 8.78 Å². The molecule has 0 radical (unpaired) electrons. The summed E-state index contributed by atoms with van der Waals surface area (Å²) >= 11 is 6.09. The lowest BCUT2D eigenvalue weighted by Crippen LogP contribution is -2.51. The largest absolute Gasteiger partial charge is 0.493 e. The SMILES string of the molecule is COc1ccc(C(=O)N2CCN(C(=O)Nc3ccc(C)c(Cl)c3)CC2)cc1OC(F)F. The number of aryl methyl sites for hydroxylation is 1. The molecule has 3 rings (SSSR count). The van der Waals surface area contributed by atoms with Gasteiger partial charge in [0.2, 0.25) is 0 Å². The number of piperazine rings is 1. The van der Waals surface area contributed by atoms with Crippen molar-refractivity contribution < 1.29 is 27.8 Å². The third-order valence-corrected chi connectivity index (χ3v) is 5.31. The normalized spacial score (nSPS) is 13.9. The first kappa shape index (κ1) is 22.6. The second-order valence-electron chi connectivity index (χ2n) is 6.92. The van der Waals surface area contributed by atoms with E-state index < -0.39 is 6.61 Å². The van der Waals surface area contributed by atoms with E-state index in [1.54, 1.807) is 21.9 Å². The number of anilines is 1. The first-order chi connectivity index (χ1) is 14.8. The lowest BCUT2D eigenvalue weighted by atomic mass is 10.1. The van der Waals surface area contributed by atoms with Crippen LogP contribution in [0, 0.1) is 6.92 Å². The summed E-state index contributed by atoms with van der Waals surface area (Å²) in [5.74, 6) is -0.445. The second kappa shape index (κ2) is 9.82. The summed E-state index contributed by atoms with van der Waals surface area (Å²) in [5.41, 5.74) is 1.69. The predicted molar refractivity (Wildman–Crippen MR) is 112 cm³/mol. The van der Waals surface area contributed by atoms with Crippen LogP contribution in [0.25, 0.3) is 0 Å². The number of carbonyl (C=O) groups is 2. The number of amides is 3. The average Bonchev–Trinajstić information content (AvgIpc) is 2.75. The maximum atomic E-state index is 12.8. The molecule has 0 spiro atoms. The van der Waals surface area contributed by atoms with Gasteiger partial charge in [-0.25, -0.2) is 4.79 Å². The second-order valence-corrected chi connectivity index (χ2v) is 7.32. The summed E-state index contributed by atoms with van der Waals surface area (Å²) in [4.78, 5) is 28.4. The molecule has 166 valence electrons. The van der Waals surface area contributed by atoms with Gasteiger partial charge in [-0.1, -0.05) is 17.7 Å². The van der Waals surface area contributed by atoms with Crippen molar-refractivity contribution in [2.75, 3.05) is 38.6 Å². The maximum absolute atomic E-state index is 12.8. The number of carbonyl (C=O) groups excluding carboxylic acids is 2. The van der Waals surface area contributed by atoms with Crippen molar-refractivity contribution in [1.29, 1.82) is 0 Å². The van der Waals surface area contributed by atoms with E-state index in [2.05, 4.69) is 10.1 Å². The standard InChI is InChI=1S/C21H22ClF2N3O4/c1-13-3-5-15(12-16(13)22)25-21(29)27-9-7-26(8-10-27)19(28)14-4-6-17(30-2)18(11-14)31-20(23)24/h3-6,11-12,20H,7-10H2,1-2H3,(H,25,29). The molecule has 1 N–H and O–H groups in total. The van der Waals surface area contributed by atoms with Gasteiger partial charge in [-0.15, -0.1) is 0 Å². The highest BCUT2D eigenvalue weighted by atomic mass is 35.5. The Morgan fingerprint density at radius 2 is 1.71 bits per heavy atom.